The molecule has 1 heterocycles. The molecule has 0 aromatic heterocycles. The van der Waals surface area contributed by atoms with Gasteiger partial charge in [0.05, 0.1) is 11.6 Å². The van der Waals surface area contributed by atoms with E-state index in [1.807, 2.05) is 30.3 Å². The van der Waals surface area contributed by atoms with Crippen LogP contribution in [0.25, 0.3) is 0 Å². The van der Waals surface area contributed by atoms with E-state index in [0.29, 0.717) is 12.1 Å². The third-order valence-electron chi connectivity index (χ3n) is 5.21. The van der Waals surface area contributed by atoms with Crippen LogP contribution in [0.1, 0.15) is 35.6 Å². The minimum atomic E-state index is -4.39. The molecule has 2 aromatic rings. The number of carbonyl (C=O) groups excluding carboxylic acids is 1. The Kier molecular flexibility index (Phi) is 8.55. The summed E-state index contributed by atoms with van der Waals surface area (Å²) >= 11 is 0. The van der Waals surface area contributed by atoms with E-state index in [-0.39, 0.29) is 19.0 Å². The molecule has 1 aliphatic heterocycles. The molecule has 4 nitrogen and oxygen atoms in total. The lowest BCUT2D eigenvalue weighted by atomic mass is 10.0. The lowest BCUT2D eigenvalue weighted by molar-refractivity contribution is -0.137. The van der Waals surface area contributed by atoms with Gasteiger partial charge in [-0.15, -0.1) is 12.4 Å². The zero-order valence-electron chi connectivity index (χ0n) is 16.8. The summed E-state index contributed by atoms with van der Waals surface area (Å²) in [4.78, 5) is 16.3. The fourth-order valence-corrected chi connectivity index (χ4v) is 3.50. The van der Waals surface area contributed by atoms with Gasteiger partial charge >= 0.3 is 12.3 Å². The van der Waals surface area contributed by atoms with Crippen molar-refractivity contribution in [2.75, 3.05) is 26.7 Å². The van der Waals surface area contributed by atoms with E-state index in [0.717, 1.165) is 43.6 Å². The molecule has 1 unspecified atom stereocenters. The number of likely N-dealkylation sites (N-methyl/N-ethyl adjacent to an activating group) is 1. The van der Waals surface area contributed by atoms with E-state index in [1.165, 1.54) is 17.0 Å². The zero-order valence-corrected chi connectivity index (χ0v) is 17.6. The van der Waals surface area contributed by atoms with Gasteiger partial charge in [-0.1, -0.05) is 42.5 Å². The van der Waals surface area contributed by atoms with E-state index in [2.05, 4.69) is 4.90 Å². The van der Waals surface area contributed by atoms with Crippen molar-refractivity contribution < 1.29 is 22.7 Å². The predicted octanol–water partition coefficient (Wildman–Crippen LogP) is 5.53. The highest BCUT2D eigenvalue weighted by Gasteiger charge is 2.31. The summed E-state index contributed by atoms with van der Waals surface area (Å²) in [5.74, 6) is 0. The maximum Gasteiger partial charge on any atom is 0.416 e. The minimum Gasteiger partial charge on any atom is -0.445 e. The number of halogens is 4. The maximum atomic E-state index is 12.9. The van der Waals surface area contributed by atoms with Gasteiger partial charge in [0.15, 0.2) is 0 Å². The normalized spacial score (nSPS) is 15.3. The Balaban J connectivity index is 0.00000320. The van der Waals surface area contributed by atoms with E-state index >= 15 is 0 Å². The lowest BCUT2D eigenvalue weighted by Crippen LogP contribution is -2.38. The summed E-state index contributed by atoms with van der Waals surface area (Å²) in [6.45, 7) is 2.55. The lowest BCUT2D eigenvalue weighted by Gasteiger charge is -2.31. The number of ether oxygens (including phenoxy) is 1. The van der Waals surface area contributed by atoms with Gasteiger partial charge < -0.3 is 14.5 Å². The molecule has 0 N–H and O–H groups in total. The average molecular weight is 443 g/mol. The number of alkyl halides is 3. The second kappa shape index (κ2) is 10.7. The van der Waals surface area contributed by atoms with Crippen LogP contribution < -0.4 is 0 Å². The van der Waals surface area contributed by atoms with Crippen molar-refractivity contribution in [1.82, 2.24) is 9.80 Å². The molecular formula is C22H26ClF3N2O2. The number of benzene rings is 2. The van der Waals surface area contributed by atoms with E-state index in [4.69, 9.17) is 4.74 Å². The van der Waals surface area contributed by atoms with Crippen LogP contribution in [0.2, 0.25) is 0 Å². The van der Waals surface area contributed by atoms with E-state index in [1.54, 1.807) is 7.05 Å². The van der Waals surface area contributed by atoms with Crippen molar-refractivity contribution in [1.29, 1.82) is 0 Å². The van der Waals surface area contributed by atoms with Crippen molar-refractivity contribution in [3.05, 3.63) is 71.3 Å². The Morgan fingerprint density at radius 2 is 1.67 bits per heavy atom. The van der Waals surface area contributed by atoms with Gasteiger partial charge in [-0.25, -0.2) is 4.79 Å². The number of rotatable bonds is 6. The maximum absolute atomic E-state index is 12.9. The highest BCUT2D eigenvalue weighted by molar-refractivity contribution is 5.85. The molecule has 1 fully saturated rings. The van der Waals surface area contributed by atoms with Crippen LogP contribution in [0, 0.1) is 0 Å². The topological polar surface area (TPSA) is 32.8 Å². The number of likely N-dealkylation sites (tertiary alicyclic amines) is 1. The van der Waals surface area contributed by atoms with Gasteiger partial charge in [-0.3, -0.25) is 0 Å². The number of hydrogen-bond donors (Lipinski definition) is 0. The van der Waals surface area contributed by atoms with Crippen molar-refractivity contribution in [3.63, 3.8) is 0 Å². The first-order valence-corrected chi connectivity index (χ1v) is 9.67. The highest BCUT2D eigenvalue weighted by Crippen LogP contribution is 2.31. The first kappa shape index (κ1) is 24.0. The molecule has 0 spiro atoms. The standard InChI is InChI=1S/C22H25F3N2O2.ClH/c1-26(21(28)29-16-17-7-3-2-4-8-17)20(15-27-13-5-6-14-27)18-9-11-19(12-10-18)22(23,24)25;/h2-4,7-12,20H,5-6,13-16H2,1H3;1H. The van der Waals surface area contributed by atoms with Crippen LogP contribution in [-0.4, -0.2) is 42.6 Å². The first-order chi connectivity index (χ1) is 13.8. The molecule has 1 amide bonds. The van der Waals surface area contributed by atoms with Gasteiger partial charge in [0, 0.05) is 13.6 Å². The molecule has 1 saturated heterocycles. The van der Waals surface area contributed by atoms with Crippen LogP contribution >= 0.6 is 12.4 Å². The average Bonchev–Trinajstić information content (AvgIpc) is 3.23. The van der Waals surface area contributed by atoms with Gasteiger partial charge in [-0.2, -0.15) is 13.2 Å². The summed E-state index contributed by atoms with van der Waals surface area (Å²) < 4.78 is 44.1. The Morgan fingerprint density at radius 3 is 2.23 bits per heavy atom. The molecule has 0 bridgehead atoms. The van der Waals surface area contributed by atoms with E-state index < -0.39 is 23.9 Å². The van der Waals surface area contributed by atoms with Crippen molar-refractivity contribution in [3.8, 4) is 0 Å². The van der Waals surface area contributed by atoms with Crippen LogP contribution in [-0.2, 0) is 17.5 Å². The molecule has 1 aliphatic rings. The summed E-state index contributed by atoms with van der Waals surface area (Å²) in [5, 5.41) is 0. The molecule has 2 aromatic carbocycles. The highest BCUT2D eigenvalue weighted by atomic mass is 35.5. The van der Waals surface area contributed by atoms with Gasteiger partial charge in [-0.05, 0) is 49.2 Å². The van der Waals surface area contributed by atoms with E-state index in [9.17, 15) is 18.0 Å². The number of hydrogen-bond acceptors (Lipinski definition) is 3. The number of nitrogens with zero attached hydrogens (tertiary/aromatic N) is 2. The van der Waals surface area contributed by atoms with Crippen LogP contribution in [0.3, 0.4) is 0 Å². The molecule has 3 rings (SSSR count). The van der Waals surface area contributed by atoms with Crippen LogP contribution in [0.4, 0.5) is 18.0 Å². The Labute approximate surface area is 181 Å². The molecule has 0 aliphatic carbocycles. The van der Waals surface area contributed by atoms with Crippen molar-refractivity contribution in [2.24, 2.45) is 0 Å². The van der Waals surface area contributed by atoms with Gasteiger partial charge in [0.2, 0.25) is 0 Å². The fourth-order valence-electron chi connectivity index (χ4n) is 3.50. The molecule has 0 saturated carbocycles. The zero-order chi connectivity index (χ0) is 20.9. The Morgan fingerprint density at radius 1 is 1.07 bits per heavy atom. The van der Waals surface area contributed by atoms with Gasteiger partial charge in [0.1, 0.15) is 6.61 Å². The van der Waals surface area contributed by atoms with Crippen molar-refractivity contribution >= 4 is 18.5 Å². The molecule has 1 atom stereocenters. The second-order valence-electron chi connectivity index (χ2n) is 7.29. The Hall–Kier alpha value is -2.25. The molecule has 164 valence electrons. The summed E-state index contributed by atoms with van der Waals surface area (Å²) in [7, 11) is 1.63. The van der Waals surface area contributed by atoms with Crippen LogP contribution in [0.5, 0.6) is 0 Å². The summed E-state index contributed by atoms with van der Waals surface area (Å²) in [6.07, 6.45) is -2.72. The second-order valence-corrected chi connectivity index (χ2v) is 7.29. The first-order valence-electron chi connectivity index (χ1n) is 9.67. The smallest absolute Gasteiger partial charge is 0.416 e. The molecule has 8 heteroatoms. The van der Waals surface area contributed by atoms with Crippen molar-refractivity contribution in [2.45, 2.75) is 31.7 Å². The summed E-state index contributed by atoms with van der Waals surface area (Å²) in [6, 6.07) is 14.0. The fraction of sp³-hybridized carbons (Fsp3) is 0.409. The van der Waals surface area contributed by atoms with Gasteiger partial charge in [0.25, 0.3) is 0 Å². The number of amides is 1. The predicted molar refractivity (Wildman–Crippen MR) is 111 cm³/mol. The molecule has 30 heavy (non-hydrogen) atoms. The molecular weight excluding hydrogens is 417 g/mol. The third kappa shape index (κ3) is 6.37. The molecule has 0 radical (unpaired) electrons. The van der Waals surface area contributed by atoms with Crippen LogP contribution in [0.15, 0.2) is 54.6 Å². The minimum absolute atomic E-state index is 0. The Bertz CT molecular complexity index is 794. The third-order valence-corrected chi connectivity index (χ3v) is 5.21. The summed E-state index contributed by atoms with van der Waals surface area (Å²) in [5.41, 5.74) is 0.833. The number of carbonyl (C=O) groups is 1. The SMILES string of the molecule is CN(C(=O)OCc1ccccc1)C(CN1CCCC1)c1ccc(C(F)(F)F)cc1.Cl. The quantitative estimate of drug-likeness (QED) is 0.589. The monoisotopic (exact) mass is 442 g/mol. The largest absolute Gasteiger partial charge is 0.445 e.